The number of hydrogen-bond acceptors (Lipinski definition) is 5. The molecule has 0 fully saturated rings. The highest BCUT2D eigenvalue weighted by Crippen LogP contribution is 2.09. The normalized spacial score (nSPS) is 12.2. The summed E-state index contributed by atoms with van der Waals surface area (Å²) >= 11 is 0. The van der Waals surface area contributed by atoms with Gasteiger partial charge in [0.05, 0.1) is 25.4 Å². The Kier molecular flexibility index (Phi) is 7.10. The minimum absolute atomic E-state index is 0.00436. The highest BCUT2D eigenvalue weighted by molar-refractivity contribution is 5.90. The van der Waals surface area contributed by atoms with Crippen molar-refractivity contribution in [2.45, 2.75) is 12.6 Å². The van der Waals surface area contributed by atoms with Gasteiger partial charge in [0.15, 0.2) is 0 Å². The van der Waals surface area contributed by atoms with Crippen LogP contribution in [-0.4, -0.2) is 46.6 Å². The van der Waals surface area contributed by atoms with Crippen molar-refractivity contribution in [1.29, 1.82) is 0 Å². The second kappa shape index (κ2) is 8.63. The quantitative estimate of drug-likeness (QED) is 0.718. The molecule has 0 aliphatic heterocycles. The first-order valence-electron chi connectivity index (χ1n) is 6.11. The van der Waals surface area contributed by atoms with E-state index < -0.39 is 0 Å². The molecule has 19 heavy (non-hydrogen) atoms. The maximum absolute atomic E-state index is 11.6. The van der Waals surface area contributed by atoms with Gasteiger partial charge in [-0.1, -0.05) is 18.2 Å². The molecule has 0 heterocycles. The van der Waals surface area contributed by atoms with Crippen molar-refractivity contribution in [1.82, 2.24) is 5.32 Å². The lowest BCUT2D eigenvalue weighted by atomic mass is 10.1. The Balaban J connectivity index is 2.55. The predicted octanol–water partition coefficient (Wildman–Crippen LogP) is 1.22. The predicted molar refractivity (Wildman–Crippen MR) is 72.2 cm³/mol. The first-order chi connectivity index (χ1) is 9.22. The number of esters is 1. The van der Waals surface area contributed by atoms with E-state index in [1.54, 1.807) is 20.3 Å². The molecule has 5 nitrogen and oxygen atoms in total. The zero-order valence-corrected chi connectivity index (χ0v) is 11.6. The van der Waals surface area contributed by atoms with Crippen LogP contribution in [0.15, 0.2) is 24.3 Å². The Morgan fingerprint density at radius 2 is 2.00 bits per heavy atom. The van der Waals surface area contributed by atoms with Gasteiger partial charge in [0.2, 0.25) is 0 Å². The third-order valence-electron chi connectivity index (χ3n) is 2.80. The van der Waals surface area contributed by atoms with E-state index in [9.17, 15) is 4.79 Å². The third kappa shape index (κ3) is 4.98. The fourth-order valence-electron chi connectivity index (χ4n) is 1.75. The summed E-state index contributed by atoms with van der Waals surface area (Å²) in [5.41, 5.74) is 1.49. The van der Waals surface area contributed by atoms with Crippen LogP contribution in [0.4, 0.5) is 0 Å². The van der Waals surface area contributed by atoms with Crippen LogP contribution in [0.2, 0.25) is 0 Å². The zero-order valence-electron chi connectivity index (χ0n) is 11.6. The number of carbonyl (C=O) groups is 1. The standard InChI is InChI=1S/C14H21NO4/c1-17-10-12(18-2)9-15-8-11-6-4-5-7-13(11)14(16)19-3/h4-7,12,15H,8-10H2,1-3H3. The summed E-state index contributed by atoms with van der Waals surface area (Å²) < 4.78 is 15.0. The van der Waals surface area contributed by atoms with Gasteiger partial charge in [-0.3, -0.25) is 0 Å². The lowest BCUT2D eigenvalue weighted by molar-refractivity contribution is 0.0287. The molecule has 1 N–H and O–H groups in total. The number of nitrogens with one attached hydrogen (secondary N) is 1. The summed E-state index contributed by atoms with van der Waals surface area (Å²) in [6.45, 7) is 1.76. The molecular weight excluding hydrogens is 246 g/mol. The topological polar surface area (TPSA) is 56.8 Å². The first-order valence-corrected chi connectivity index (χ1v) is 6.11. The molecule has 1 aromatic rings. The number of carbonyl (C=O) groups excluding carboxylic acids is 1. The van der Waals surface area contributed by atoms with Crippen molar-refractivity contribution >= 4 is 5.97 Å². The molecule has 5 heteroatoms. The van der Waals surface area contributed by atoms with Crippen molar-refractivity contribution in [2.24, 2.45) is 0 Å². The summed E-state index contributed by atoms with van der Waals surface area (Å²) in [6, 6.07) is 7.37. The van der Waals surface area contributed by atoms with Gasteiger partial charge in [-0.25, -0.2) is 4.79 Å². The van der Waals surface area contributed by atoms with Crippen LogP contribution < -0.4 is 5.32 Å². The molecule has 1 unspecified atom stereocenters. The number of ether oxygens (including phenoxy) is 3. The maximum Gasteiger partial charge on any atom is 0.338 e. The molecule has 0 amide bonds. The Morgan fingerprint density at radius 1 is 1.26 bits per heavy atom. The molecule has 0 radical (unpaired) electrons. The molecule has 106 valence electrons. The molecular formula is C14H21NO4. The molecule has 0 saturated heterocycles. The second-order valence-electron chi connectivity index (χ2n) is 4.09. The van der Waals surface area contributed by atoms with Crippen LogP contribution >= 0.6 is 0 Å². The van der Waals surface area contributed by atoms with Gasteiger partial charge in [0.1, 0.15) is 0 Å². The summed E-state index contributed by atoms with van der Waals surface area (Å²) in [7, 11) is 4.67. The first kappa shape index (κ1) is 15.6. The Bertz CT molecular complexity index is 395. The van der Waals surface area contributed by atoms with Crippen molar-refractivity contribution in [3.63, 3.8) is 0 Å². The van der Waals surface area contributed by atoms with Crippen molar-refractivity contribution < 1.29 is 19.0 Å². The van der Waals surface area contributed by atoms with E-state index in [4.69, 9.17) is 14.2 Å². The summed E-state index contributed by atoms with van der Waals surface area (Å²) in [6.07, 6.45) is -0.00436. The average Bonchev–Trinajstić information content (AvgIpc) is 2.46. The summed E-state index contributed by atoms with van der Waals surface area (Å²) in [5, 5.41) is 3.24. The monoisotopic (exact) mass is 267 g/mol. The maximum atomic E-state index is 11.6. The number of benzene rings is 1. The van der Waals surface area contributed by atoms with E-state index in [1.165, 1.54) is 7.11 Å². The molecule has 0 aliphatic rings. The lowest BCUT2D eigenvalue weighted by Gasteiger charge is -2.15. The smallest absolute Gasteiger partial charge is 0.338 e. The van der Waals surface area contributed by atoms with Crippen LogP contribution in [0.1, 0.15) is 15.9 Å². The van der Waals surface area contributed by atoms with E-state index in [0.29, 0.717) is 25.3 Å². The fourth-order valence-corrected chi connectivity index (χ4v) is 1.75. The molecule has 1 aromatic carbocycles. The van der Waals surface area contributed by atoms with Crippen LogP contribution in [-0.2, 0) is 20.8 Å². The summed E-state index contributed by atoms with van der Waals surface area (Å²) in [4.78, 5) is 11.6. The molecule has 1 rings (SSSR count). The van der Waals surface area contributed by atoms with Crippen molar-refractivity contribution in [3.8, 4) is 0 Å². The Morgan fingerprint density at radius 3 is 2.63 bits per heavy atom. The van der Waals surface area contributed by atoms with Gasteiger partial charge < -0.3 is 19.5 Å². The van der Waals surface area contributed by atoms with E-state index >= 15 is 0 Å². The van der Waals surface area contributed by atoms with Gasteiger partial charge in [-0.15, -0.1) is 0 Å². The molecule has 1 atom stereocenters. The summed E-state index contributed by atoms with van der Waals surface area (Å²) in [5.74, 6) is -0.322. The number of rotatable bonds is 8. The van der Waals surface area contributed by atoms with Crippen molar-refractivity contribution in [2.75, 3.05) is 34.5 Å². The van der Waals surface area contributed by atoms with E-state index in [0.717, 1.165) is 5.56 Å². The molecule has 0 aromatic heterocycles. The van der Waals surface area contributed by atoms with Gasteiger partial charge in [0.25, 0.3) is 0 Å². The van der Waals surface area contributed by atoms with Crippen LogP contribution in [0.25, 0.3) is 0 Å². The van der Waals surface area contributed by atoms with Crippen LogP contribution in [0, 0.1) is 0 Å². The fraction of sp³-hybridized carbons (Fsp3) is 0.500. The molecule has 0 saturated carbocycles. The minimum Gasteiger partial charge on any atom is -0.465 e. The Hall–Kier alpha value is -1.43. The molecule has 0 bridgehead atoms. The third-order valence-corrected chi connectivity index (χ3v) is 2.80. The van der Waals surface area contributed by atoms with Gasteiger partial charge in [-0.05, 0) is 11.6 Å². The highest BCUT2D eigenvalue weighted by Gasteiger charge is 2.11. The Labute approximate surface area is 113 Å². The van der Waals surface area contributed by atoms with E-state index in [2.05, 4.69) is 5.32 Å². The highest BCUT2D eigenvalue weighted by atomic mass is 16.5. The average molecular weight is 267 g/mol. The number of hydrogen-bond donors (Lipinski definition) is 1. The second-order valence-corrected chi connectivity index (χ2v) is 4.09. The van der Waals surface area contributed by atoms with Crippen LogP contribution in [0.3, 0.4) is 0 Å². The van der Waals surface area contributed by atoms with Gasteiger partial charge in [-0.2, -0.15) is 0 Å². The van der Waals surface area contributed by atoms with Gasteiger partial charge in [0, 0.05) is 27.3 Å². The van der Waals surface area contributed by atoms with E-state index in [1.807, 2.05) is 18.2 Å². The van der Waals surface area contributed by atoms with E-state index in [-0.39, 0.29) is 12.1 Å². The lowest BCUT2D eigenvalue weighted by Crippen LogP contribution is -2.31. The van der Waals surface area contributed by atoms with Crippen LogP contribution in [0.5, 0.6) is 0 Å². The number of methoxy groups -OCH3 is 3. The molecule has 0 aliphatic carbocycles. The SMILES string of the molecule is COCC(CNCc1ccccc1C(=O)OC)OC. The van der Waals surface area contributed by atoms with Gasteiger partial charge >= 0.3 is 5.97 Å². The molecule has 0 spiro atoms. The largest absolute Gasteiger partial charge is 0.465 e. The van der Waals surface area contributed by atoms with Crippen molar-refractivity contribution in [3.05, 3.63) is 35.4 Å². The zero-order chi connectivity index (χ0) is 14.1. The minimum atomic E-state index is -0.322.